The second kappa shape index (κ2) is 5.91. The summed E-state index contributed by atoms with van der Waals surface area (Å²) in [6.07, 6.45) is 5.25. The highest BCUT2D eigenvalue weighted by atomic mass is 32.1. The molecule has 0 aliphatic carbocycles. The normalized spacial score (nSPS) is 16.2. The highest BCUT2D eigenvalue weighted by Crippen LogP contribution is 2.37. The molecule has 5 heteroatoms. The van der Waals surface area contributed by atoms with Crippen LogP contribution in [0.4, 0.5) is 5.95 Å². The highest BCUT2D eigenvalue weighted by Gasteiger charge is 2.19. The summed E-state index contributed by atoms with van der Waals surface area (Å²) in [6, 6.07) is 8.48. The molecule has 1 aromatic carbocycles. The van der Waals surface area contributed by atoms with Crippen LogP contribution in [-0.2, 0) is 0 Å². The molecule has 1 aliphatic rings. The van der Waals surface area contributed by atoms with Crippen molar-refractivity contribution in [2.24, 2.45) is 0 Å². The summed E-state index contributed by atoms with van der Waals surface area (Å²) in [7, 11) is 0. The monoisotopic (exact) mass is 325 g/mol. The van der Waals surface area contributed by atoms with Crippen LogP contribution in [0, 0.1) is 6.92 Å². The maximum atomic E-state index is 9.60. The fourth-order valence-electron chi connectivity index (χ4n) is 3.12. The van der Waals surface area contributed by atoms with Crippen LogP contribution in [0.2, 0.25) is 0 Å². The molecule has 0 unspecified atom stereocenters. The van der Waals surface area contributed by atoms with Gasteiger partial charge in [-0.2, -0.15) is 0 Å². The van der Waals surface area contributed by atoms with Crippen molar-refractivity contribution in [2.75, 3.05) is 18.0 Å². The van der Waals surface area contributed by atoms with Crippen molar-refractivity contribution in [2.45, 2.75) is 25.9 Å². The summed E-state index contributed by atoms with van der Waals surface area (Å²) < 4.78 is 1.30. The Hall–Kier alpha value is -1.98. The Morgan fingerprint density at radius 1 is 1.13 bits per heavy atom. The van der Waals surface area contributed by atoms with E-state index < -0.39 is 0 Å². The van der Waals surface area contributed by atoms with E-state index in [0.29, 0.717) is 0 Å². The lowest BCUT2D eigenvalue weighted by molar-refractivity contribution is 0.145. The molecule has 0 saturated carbocycles. The first kappa shape index (κ1) is 14.6. The molecule has 118 valence electrons. The predicted octanol–water partition coefficient (Wildman–Crippen LogP) is 3.63. The first-order valence-electron chi connectivity index (χ1n) is 7.96. The van der Waals surface area contributed by atoms with Gasteiger partial charge in [0.1, 0.15) is 0 Å². The smallest absolute Gasteiger partial charge is 0.225 e. The number of hydrogen-bond acceptors (Lipinski definition) is 5. The Bertz CT molecular complexity index is 820. The van der Waals surface area contributed by atoms with Gasteiger partial charge in [0.15, 0.2) is 0 Å². The van der Waals surface area contributed by atoms with Crippen molar-refractivity contribution >= 4 is 27.4 Å². The van der Waals surface area contributed by atoms with Crippen LogP contribution in [0.5, 0.6) is 0 Å². The fraction of sp³-hybridized carbons (Fsp3) is 0.333. The van der Waals surface area contributed by atoms with Crippen LogP contribution in [-0.4, -0.2) is 34.3 Å². The Morgan fingerprint density at radius 2 is 1.83 bits per heavy atom. The Labute approximate surface area is 139 Å². The lowest BCUT2D eigenvalue weighted by Crippen LogP contribution is -2.36. The van der Waals surface area contributed by atoms with Gasteiger partial charge in [0.2, 0.25) is 5.95 Å². The van der Waals surface area contributed by atoms with Gasteiger partial charge in [0, 0.05) is 40.6 Å². The number of aliphatic hydroxyl groups excluding tert-OH is 1. The molecule has 3 aromatic rings. The summed E-state index contributed by atoms with van der Waals surface area (Å²) in [5, 5.41) is 10.9. The van der Waals surface area contributed by atoms with Crippen molar-refractivity contribution < 1.29 is 5.11 Å². The van der Waals surface area contributed by atoms with E-state index in [1.807, 2.05) is 12.4 Å². The van der Waals surface area contributed by atoms with Gasteiger partial charge in [-0.15, -0.1) is 11.3 Å². The van der Waals surface area contributed by atoms with Crippen molar-refractivity contribution in [3.63, 3.8) is 0 Å². The van der Waals surface area contributed by atoms with Crippen molar-refractivity contribution in [1.29, 1.82) is 0 Å². The third-order valence-electron chi connectivity index (χ3n) is 4.49. The van der Waals surface area contributed by atoms with Crippen molar-refractivity contribution in [3.8, 4) is 10.4 Å². The summed E-state index contributed by atoms with van der Waals surface area (Å²) in [6.45, 7) is 3.80. The lowest BCUT2D eigenvalue weighted by Gasteiger charge is -2.29. The molecule has 2 aromatic heterocycles. The molecule has 3 heterocycles. The van der Waals surface area contributed by atoms with E-state index in [1.54, 1.807) is 11.3 Å². The largest absolute Gasteiger partial charge is 0.393 e. The number of thiophene rings is 1. The van der Waals surface area contributed by atoms with E-state index >= 15 is 0 Å². The zero-order chi connectivity index (χ0) is 15.8. The second-order valence-electron chi connectivity index (χ2n) is 6.04. The van der Waals surface area contributed by atoms with Gasteiger partial charge in [0.25, 0.3) is 0 Å². The molecule has 4 nitrogen and oxygen atoms in total. The molecule has 1 N–H and O–H groups in total. The van der Waals surface area contributed by atoms with E-state index in [0.717, 1.165) is 37.4 Å². The molecule has 4 rings (SSSR count). The number of aryl methyl sites for hydroxylation is 1. The molecule has 0 bridgehead atoms. The maximum Gasteiger partial charge on any atom is 0.225 e. The summed E-state index contributed by atoms with van der Waals surface area (Å²) in [5.41, 5.74) is 2.37. The third-order valence-corrected chi connectivity index (χ3v) is 5.81. The SMILES string of the molecule is Cc1c(-c2cnc(N3CCC(O)CC3)nc2)sc2ccccc12. The van der Waals surface area contributed by atoms with Gasteiger partial charge in [0.05, 0.1) is 6.10 Å². The molecule has 0 amide bonds. The molecule has 0 radical (unpaired) electrons. The Kier molecular flexibility index (Phi) is 3.75. The van der Waals surface area contributed by atoms with E-state index in [-0.39, 0.29) is 6.10 Å². The fourth-order valence-corrected chi connectivity index (χ4v) is 4.30. The summed E-state index contributed by atoms with van der Waals surface area (Å²) in [4.78, 5) is 12.5. The van der Waals surface area contributed by atoms with Gasteiger partial charge in [-0.3, -0.25) is 0 Å². The zero-order valence-corrected chi connectivity index (χ0v) is 13.9. The predicted molar refractivity (Wildman–Crippen MR) is 95.0 cm³/mol. The number of rotatable bonds is 2. The molecular weight excluding hydrogens is 306 g/mol. The number of fused-ring (bicyclic) bond motifs is 1. The van der Waals surface area contributed by atoms with Crippen LogP contribution in [0.3, 0.4) is 0 Å². The number of aliphatic hydroxyl groups is 1. The van der Waals surface area contributed by atoms with Gasteiger partial charge in [-0.1, -0.05) is 18.2 Å². The minimum atomic E-state index is -0.174. The molecule has 1 saturated heterocycles. The quantitative estimate of drug-likeness (QED) is 0.782. The molecule has 1 aliphatic heterocycles. The van der Waals surface area contributed by atoms with Crippen LogP contribution in [0.25, 0.3) is 20.5 Å². The van der Waals surface area contributed by atoms with Crippen LogP contribution in [0.15, 0.2) is 36.7 Å². The van der Waals surface area contributed by atoms with Crippen LogP contribution in [0.1, 0.15) is 18.4 Å². The Morgan fingerprint density at radius 3 is 2.52 bits per heavy atom. The molecule has 1 fully saturated rings. The standard InChI is InChI=1S/C18H19N3OS/c1-12-15-4-2-3-5-16(15)23-17(12)13-10-19-18(20-11-13)21-8-6-14(22)7-9-21/h2-5,10-11,14,22H,6-9H2,1H3. The molecule has 0 atom stereocenters. The van der Waals surface area contributed by atoms with E-state index in [1.165, 1.54) is 20.5 Å². The van der Waals surface area contributed by atoms with Crippen LogP contribution < -0.4 is 4.90 Å². The van der Waals surface area contributed by atoms with Gasteiger partial charge >= 0.3 is 0 Å². The van der Waals surface area contributed by atoms with E-state index in [4.69, 9.17) is 0 Å². The number of aromatic nitrogens is 2. The topological polar surface area (TPSA) is 49.2 Å². The summed E-state index contributed by atoms with van der Waals surface area (Å²) in [5.74, 6) is 0.763. The summed E-state index contributed by atoms with van der Waals surface area (Å²) >= 11 is 1.79. The second-order valence-corrected chi connectivity index (χ2v) is 7.09. The van der Waals surface area contributed by atoms with Crippen molar-refractivity contribution in [3.05, 3.63) is 42.2 Å². The number of benzene rings is 1. The van der Waals surface area contributed by atoms with Gasteiger partial charge < -0.3 is 10.0 Å². The first-order chi connectivity index (χ1) is 11.2. The average molecular weight is 325 g/mol. The number of nitrogens with zero attached hydrogens (tertiary/aromatic N) is 3. The minimum absolute atomic E-state index is 0.174. The molecule has 0 spiro atoms. The van der Waals surface area contributed by atoms with Gasteiger partial charge in [-0.05, 0) is 36.8 Å². The third kappa shape index (κ3) is 2.71. The number of anilines is 1. The average Bonchev–Trinajstić information content (AvgIpc) is 2.93. The minimum Gasteiger partial charge on any atom is -0.393 e. The van der Waals surface area contributed by atoms with Crippen LogP contribution >= 0.6 is 11.3 Å². The van der Waals surface area contributed by atoms with E-state index in [9.17, 15) is 5.11 Å². The van der Waals surface area contributed by atoms with Crippen molar-refractivity contribution in [1.82, 2.24) is 9.97 Å². The first-order valence-corrected chi connectivity index (χ1v) is 8.77. The van der Waals surface area contributed by atoms with E-state index in [2.05, 4.69) is 46.1 Å². The number of hydrogen-bond donors (Lipinski definition) is 1. The Balaban J connectivity index is 1.63. The molecule has 23 heavy (non-hydrogen) atoms. The highest BCUT2D eigenvalue weighted by molar-refractivity contribution is 7.22. The zero-order valence-electron chi connectivity index (χ0n) is 13.1. The number of piperidine rings is 1. The lowest BCUT2D eigenvalue weighted by atomic mass is 10.1. The maximum absolute atomic E-state index is 9.60. The van der Waals surface area contributed by atoms with Gasteiger partial charge in [-0.25, -0.2) is 9.97 Å². The molecular formula is C18H19N3OS.